The second-order valence-corrected chi connectivity index (χ2v) is 4.74. The van der Waals surface area contributed by atoms with Gasteiger partial charge in [0.15, 0.2) is 0 Å². The first kappa shape index (κ1) is 13.0. The molecule has 0 aliphatic carbocycles. The summed E-state index contributed by atoms with van der Waals surface area (Å²) in [6.07, 6.45) is 0.549. The minimum Gasteiger partial charge on any atom is -0.293 e. The van der Waals surface area contributed by atoms with Gasteiger partial charge in [-0.3, -0.25) is 4.90 Å². The van der Waals surface area contributed by atoms with Crippen molar-refractivity contribution in [1.29, 1.82) is 5.26 Å². The second-order valence-electron chi connectivity index (χ2n) is 3.62. The molecule has 0 aliphatic rings. The highest BCUT2D eigenvalue weighted by atomic mass is 79.9. The third-order valence-electron chi connectivity index (χ3n) is 2.18. The molecule has 16 heavy (non-hydrogen) atoms. The Bertz CT molecular complexity index is 367. The van der Waals surface area contributed by atoms with Crippen LogP contribution in [0.1, 0.15) is 12.0 Å². The van der Waals surface area contributed by atoms with Crippen molar-refractivity contribution in [3.05, 3.63) is 47.0 Å². The average Bonchev–Trinajstić information content (AvgIpc) is 2.26. The summed E-state index contributed by atoms with van der Waals surface area (Å²) >= 11 is 3.36. The average molecular weight is 279 g/mol. The number of hydrogen-bond acceptors (Lipinski definition) is 2. The number of nitrogens with zero attached hydrogens (tertiary/aromatic N) is 2. The van der Waals surface area contributed by atoms with Gasteiger partial charge in [0, 0.05) is 30.5 Å². The highest BCUT2D eigenvalue weighted by Crippen LogP contribution is 2.09. The molecule has 0 aromatic heterocycles. The van der Waals surface area contributed by atoms with Crippen LogP contribution in [0.15, 0.2) is 41.4 Å². The van der Waals surface area contributed by atoms with Gasteiger partial charge in [0.25, 0.3) is 0 Å². The normalized spacial score (nSPS) is 10.1. The molecule has 0 amide bonds. The van der Waals surface area contributed by atoms with Crippen LogP contribution in [-0.2, 0) is 6.54 Å². The van der Waals surface area contributed by atoms with Crippen molar-refractivity contribution in [2.24, 2.45) is 0 Å². The highest BCUT2D eigenvalue weighted by molar-refractivity contribution is 9.11. The summed E-state index contributed by atoms with van der Waals surface area (Å²) in [6.45, 7) is 6.24. The summed E-state index contributed by atoms with van der Waals surface area (Å²) in [6, 6.07) is 12.4. The van der Waals surface area contributed by atoms with Crippen LogP contribution in [0.2, 0.25) is 0 Å². The summed E-state index contributed by atoms with van der Waals surface area (Å²) in [7, 11) is 0. The molecule has 2 nitrogen and oxygen atoms in total. The topological polar surface area (TPSA) is 27.0 Å². The molecule has 0 unspecified atom stereocenters. The SMILES string of the molecule is C=C(Br)CN(CCC#N)Cc1ccccc1. The van der Waals surface area contributed by atoms with Gasteiger partial charge in [0.2, 0.25) is 0 Å². The fourth-order valence-electron chi connectivity index (χ4n) is 1.51. The molecule has 0 heterocycles. The van der Waals surface area contributed by atoms with Gasteiger partial charge in [-0.2, -0.15) is 5.26 Å². The van der Waals surface area contributed by atoms with Crippen LogP contribution in [0.4, 0.5) is 0 Å². The number of benzene rings is 1. The third-order valence-corrected chi connectivity index (χ3v) is 2.43. The first-order chi connectivity index (χ1) is 7.72. The zero-order valence-corrected chi connectivity index (χ0v) is 10.8. The van der Waals surface area contributed by atoms with Crippen molar-refractivity contribution in [3.8, 4) is 6.07 Å². The summed E-state index contributed by atoms with van der Waals surface area (Å²) < 4.78 is 0.946. The first-order valence-electron chi connectivity index (χ1n) is 5.19. The summed E-state index contributed by atoms with van der Waals surface area (Å²) in [4.78, 5) is 2.20. The van der Waals surface area contributed by atoms with Crippen molar-refractivity contribution < 1.29 is 0 Å². The Labute approximate surface area is 105 Å². The number of halogens is 1. The van der Waals surface area contributed by atoms with Gasteiger partial charge in [0.05, 0.1) is 6.07 Å². The van der Waals surface area contributed by atoms with E-state index < -0.39 is 0 Å². The fourth-order valence-corrected chi connectivity index (χ4v) is 1.86. The first-order valence-corrected chi connectivity index (χ1v) is 5.98. The van der Waals surface area contributed by atoms with Gasteiger partial charge < -0.3 is 0 Å². The minimum atomic E-state index is 0.549. The van der Waals surface area contributed by atoms with Gasteiger partial charge in [-0.1, -0.05) is 52.8 Å². The standard InChI is InChI=1S/C13H15BrN2/c1-12(14)10-16(9-5-8-15)11-13-6-3-2-4-7-13/h2-4,6-7H,1,5,9-11H2. The van der Waals surface area contributed by atoms with Gasteiger partial charge >= 0.3 is 0 Å². The van der Waals surface area contributed by atoms with Gasteiger partial charge in [-0.15, -0.1) is 0 Å². The Morgan fingerprint density at radius 3 is 2.62 bits per heavy atom. The van der Waals surface area contributed by atoms with Crippen molar-refractivity contribution >= 4 is 15.9 Å². The van der Waals surface area contributed by atoms with Crippen LogP contribution < -0.4 is 0 Å². The number of nitriles is 1. The van der Waals surface area contributed by atoms with Crippen molar-refractivity contribution in [3.63, 3.8) is 0 Å². The maximum atomic E-state index is 8.60. The number of rotatable bonds is 6. The molecule has 0 saturated heterocycles. The fraction of sp³-hybridized carbons (Fsp3) is 0.308. The maximum Gasteiger partial charge on any atom is 0.0635 e. The molecule has 0 radical (unpaired) electrons. The zero-order chi connectivity index (χ0) is 11.8. The molecule has 84 valence electrons. The number of hydrogen-bond donors (Lipinski definition) is 0. The van der Waals surface area contributed by atoms with Gasteiger partial charge in [-0.25, -0.2) is 0 Å². The molecule has 1 rings (SSSR count). The Morgan fingerprint density at radius 2 is 2.06 bits per heavy atom. The molecule has 0 atom stereocenters. The van der Waals surface area contributed by atoms with Crippen molar-refractivity contribution in [2.45, 2.75) is 13.0 Å². The maximum absolute atomic E-state index is 8.60. The van der Waals surface area contributed by atoms with Crippen LogP contribution in [0.25, 0.3) is 0 Å². The quantitative estimate of drug-likeness (QED) is 0.798. The molecule has 1 aromatic carbocycles. The summed E-state index contributed by atoms with van der Waals surface area (Å²) in [5.74, 6) is 0. The Hall–Kier alpha value is -1.11. The van der Waals surface area contributed by atoms with E-state index in [1.165, 1.54) is 5.56 Å². The lowest BCUT2D eigenvalue weighted by Gasteiger charge is -2.20. The van der Waals surface area contributed by atoms with Crippen LogP contribution in [0.3, 0.4) is 0 Å². The van der Waals surface area contributed by atoms with Gasteiger partial charge in [0.1, 0.15) is 0 Å². The van der Waals surface area contributed by atoms with Crippen LogP contribution >= 0.6 is 15.9 Å². The Kier molecular flexibility index (Phi) is 5.84. The lowest BCUT2D eigenvalue weighted by Crippen LogP contribution is -2.25. The van der Waals surface area contributed by atoms with Crippen LogP contribution in [0, 0.1) is 11.3 Å². The molecular weight excluding hydrogens is 264 g/mol. The van der Waals surface area contributed by atoms with E-state index in [0.717, 1.165) is 24.1 Å². The van der Waals surface area contributed by atoms with Crippen molar-refractivity contribution in [1.82, 2.24) is 4.90 Å². The predicted molar refractivity (Wildman–Crippen MR) is 70.0 cm³/mol. The third kappa shape index (κ3) is 5.11. The van der Waals surface area contributed by atoms with Crippen LogP contribution in [0.5, 0.6) is 0 Å². The molecule has 0 saturated carbocycles. The van der Waals surface area contributed by atoms with E-state index in [-0.39, 0.29) is 0 Å². The lowest BCUT2D eigenvalue weighted by molar-refractivity contribution is 0.300. The molecular formula is C13H15BrN2. The van der Waals surface area contributed by atoms with E-state index in [4.69, 9.17) is 5.26 Å². The van der Waals surface area contributed by atoms with E-state index in [1.54, 1.807) is 0 Å². The Morgan fingerprint density at radius 1 is 1.38 bits per heavy atom. The second kappa shape index (κ2) is 7.21. The minimum absolute atomic E-state index is 0.549. The molecule has 0 spiro atoms. The smallest absolute Gasteiger partial charge is 0.0635 e. The van der Waals surface area contributed by atoms with E-state index >= 15 is 0 Å². The van der Waals surface area contributed by atoms with E-state index in [2.05, 4.69) is 45.6 Å². The molecule has 3 heteroatoms. The Balaban J connectivity index is 2.56. The van der Waals surface area contributed by atoms with Crippen LogP contribution in [-0.4, -0.2) is 18.0 Å². The molecule has 0 bridgehead atoms. The van der Waals surface area contributed by atoms with E-state index in [9.17, 15) is 0 Å². The monoisotopic (exact) mass is 278 g/mol. The highest BCUT2D eigenvalue weighted by Gasteiger charge is 2.05. The predicted octanol–water partition coefficient (Wildman–Crippen LogP) is 3.31. The van der Waals surface area contributed by atoms with E-state index in [1.807, 2.05) is 18.2 Å². The largest absolute Gasteiger partial charge is 0.293 e. The molecule has 0 aliphatic heterocycles. The summed E-state index contributed by atoms with van der Waals surface area (Å²) in [5, 5.41) is 8.60. The van der Waals surface area contributed by atoms with E-state index in [0.29, 0.717) is 6.42 Å². The molecule has 0 N–H and O–H groups in total. The zero-order valence-electron chi connectivity index (χ0n) is 9.19. The molecule has 1 aromatic rings. The lowest BCUT2D eigenvalue weighted by atomic mass is 10.2. The summed E-state index contributed by atoms with van der Waals surface area (Å²) in [5.41, 5.74) is 1.26. The van der Waals surface area contributed by atoms with Crippen molar-refractivity contribution in [2.75, 3.05) is 13.1 Å². The van der Waals surface area contributed by atoms with Gasteiger partial charge in [-0.05, 0) is 5.56 Å². The molecule has 0 fully saturated rings.